The Morgan fingerprint density at radius 3 is 2.63 bits per heavy atom. The van der Waals surface area contributed by atoms with E-state index in [4.69, 9.17) is 0 Å². The van der Waals surface area contributed by atoms with E-state index in [9.17, 15) is 24.5 Å². The number of aliphatic hydroxyl groups excluding tert-OH is 3. The van der Waals surface area contributed by atoms with Gasteiger partial charge in [-0.3, -0.25) is 4.79 Å². The molecule has 0 saturated heterocycles. The molecular weight excluding hydrogens is 585 g/mol. The lowest BCUT2D eigenvalue weighted by Gasteiger charge is -2.63. The zero-order valence-corrected chi connectivity index (χ0v) is 26.7. The predicted molar refractivity (Wildman–Crippen MR) is 160 cm³/mol. The molecule has 12 atom stereocenters. The highest BCUT2D eigenvalue weighted by molar-refractivity contribution is 9.10. The lowest BCUT2D eigenvalue weighted by atomic mass is 9.43. The topological polar surface area (TPSA) is 81.0 Å². The normalized spacial score (nSPS) is 44.4. The van der Waals surface area contributed by atoms with Crippen LogP contribution in [0.5, 0.6) is 0 Å². The molecule has 5 aliphatic rings. The fourth-order valence-corrected chi connectivity index (χ4v) is 11.4. The molecule has 1 aromatic carbocycles. The zero-order valence-electron chi connectivity index (χ0n) is 25.2. The van der Waals surface area contributed by atoms with E-state index in [-0.39, 0.29) is 64.5 Å². The maximum absolute atomic E-state index is 14.7. The van der Waals surface area contributed by atoms with Gasteiger partial charge in [0.2, 0.25) is 5.91 Å². The first-order chi connectivity index (χ1) is 19.3. The average molecular weight is 635 g/mol. The van der Waals surface area contributed by atoms with Gasteiger partial charge in [0, 0.05) is 29.0 Å². The second kappa shape index (κ2) is 10.9. The van der Waals surface area contributed by atoms with Gasteiger partial charge in [-0.25, -0.2) is 4.39 Å². The van der Waals surface area contributed by atoms with Gasteiger partial charge in [0.1, 0.15) is 5.82 Å². The molecule has 4 fully saturated rings. The summed E-state index contributed by atoms with van der Waals surface area (Å²) in [6.45, 7) is 9.25. The van der Waals surface area contributed by atoms with Gasteiger partial charge in [-0.05, 0) is 129 Å². The molecule has 41 heavy (non-hydrogen) atoms. The van der Waals surface area contributed by atoms with Crippen LogP contribution in [0.1, 0.15) is 96.6 Å². The van der Waals surface area contributed by atoms with Gasteiger partial charge in [0.25, 0.3) is 0 Å². The lowest BCUT2D eigenvalue weighted by molar-refractivity contribution is -0.207. The van der Waals surface area contributed by atoms with Crippen molar-refractivity contribution in [1.29, 1.82) is 0 Å². The largest absolute Gasteiger partial charge is 0.393 e. The molecule has 1 heterocycles. The Balaban J connectivity index is 1.14. The fraction of sp³-hybridized carbons (Fsp3) is 0.794. The first kappa shape index (κ1) is 30.0. The van der Waals surface area contributed by atoms with Gasteiger partial charge in [-0.1, -0.05) is 36.7 Å². The molecule has 0 bridgehead atoms. The molecule has 0 radical (unpaired) electrons. The number of benzene rings is 1. The van der Waals surface area contributed by atoms with E-state index >= 15 is 0 Å². The molecule has 6 rings (SSSR count). The Labute approximate surface area is 253 Å². The summed E-state index contributed by atoms with van der Waals surface area (Å²) in [6, 6.07) is 3.48. The van der Waals surface area contributed by atoms with E-state index in [1.165, 1.54) is 6.07 Å². The monoisotopic (exact) mass is 633 g/mol. The van der Waals surface area contributed by atoms with Crippen LogP contribution in [0.25, 0.3) is 0 Å². The Morgan fingerprint density at radius 1 is 1.12 bits per heavy atom. The fourth-order valence-electron chi connectivity index (χ4n) is 10.9. The van der Waals surface area contributed by atoms with Crippen LogP contribution in [0.4, 0.5) is 4.39 Å². The molecule has 1 unspecified atom stereocenters. The van der Waals surface area contributed by atoms with E-state index < -0.39 is 6.10 Å². The molecule has 4 saturated carbocycles. The molecule has 5 nitrogen and oxygen atoms in total. The molecule has 1 aliphatic heterocycles. The quantitative estimate of drug-likeness (QED) is 0.367. The molecule has 1 aromatic rings. The van der Waals surface area contributed by atoms with Crippen molar-refractivity contribution in [3.63, 3.8) is 0 Å². The summed E-state index contributed by atoms with van der Waals surface area (Å²) in [7, 11) is 0. The number of nitrogens with zero attached hydrogens (tertiary/aromatic N) is 1. The number of rotatable bonds is 4. The Kier molecular flexibility index (Phi) is 7.95. The first-order valence-corrected chi connectivity index (χ1v) is 16.9. The summed E-state index contributed by atoms with van der Waals surface area (Å²) >= 11 is 3.39. The summed E-state index contributed by atoms with van der Waals surface area (Å²) in [4.78, 5) is 15.3. The van der Waals surface area contributed by atoms with Crippen molar-refractivity contribution in [1.82, 2.24) is 4.90 Å². The van der Waals surface area contributed by atoms with Gasteiger partial charge in [0.05, 0.1) is 18.3 Å². The Morgan fingerprint density at radius 2 is 1.88 bits per heavy atom. The van der Waals surface area contributed by atoms with Gasteiger partial charge < -0.3 is 20.2 Å². The van der Waals surface area contributed by atoms with Crippen LogP contribution in [0.3, 0.4) is 0 Å². The molecule has 1 amide bonds. The second-order valence-electron chi connectivity index (χ2n) is 15.1. The van der Waals surface area contributed by atoms with Crippen LogP contribution in [-0.4, -0.2) is 50.5 Å². The summed E-state index contributed by atoms with van der Waals surface area (Å²) in [5, 5.41) is 33.7. The number of hydrogen-bond acceptors (Lipinski definition) is 4. The number of amides is 1. The lowest BCUT2D eigenvalue weighted by Crippen LogP contribution is -2.62. The van der Waals surface area contributed by atoms with Crippen LogP contribution in [0, 0.1) is 52.2 Å². The van der Waals surface area contributed by atoms with Gasteiger partial charge >= 0.3 is 0 Å². The first-order valence-electron chi connectivity index (χ1n) is 16.1. The number of hydrogen-bond donors (Lipinski definition) is 3. The summed E-state index contributed by atoms with van der Waals surface area (Å²) in [5.41, 5.74) is 1.41. The SMILES string of the molecule is CC1Cc2cc(Br)cc(F)c2CN1C(=O)CC[C@@H](C)[C@H]1CC[C@H]2[C@@H]3[C@H](O)C[C@@H]4C[C@H](O)CC[C@]4(C)[C@H]3C[C@H](O)[C@]12C. The number of aliphatic hydroxyl groups is 3. The summed E-state index contributed by atoms with van der Waals surface area (Å²) < 4.78 is 15.4. The molecule has 3 N–H and O–H groups in total. The highest BCUT2D eigenvalue weighted by atomic mass is 79.9. The van der Waals surface area contributed by atoms with Crippen LogP contribution < -0.4 is 0 Å². The minimum absolute atomic E-state index is 0.0309. The number of carbonyl (C=O) groups is 1. The van der Waals surface area contributed by atoms with Crippen LogP contribution >= 0.6 is 15.9 Å². The third-order valence-corrected chi connectivity index (χ3v) is 13.7. The van der Waals surface area contributed by atoms with Crippen LogP contribution in [-0.2, 0) is 17.8 Å². The Bertz CT molecular complexity index is 1180. The smallest absolute Gasteiger partial charge is 0.223 e. The maximum Gasteiger partial charge on any atom is 0.223 e. The molecule has 0 spiro atoms. The minimum Gasteiger partial charge on any atom is -0.393 e. The van der Waals surface area contributed by atoms with Gasteiger partial charge in [0.15, 0.2) is 0 Å². The molecule has 228 valence electrons. The third-order valence-electron chi connectivity index (χ3n) is 13.3. The van der Waals surface area contributed by atoms with Crippen LogP contribution in [0.2, 0.25) is 0 Å². The second-order valence-corrected chi connectivity index (χ2v) is 16.1. The van der Waals surface area contributed by atoms with Crippen molar-refractivity contribution in [3.8, 4) is 0 Å². The van der Waals surface area contributed by atoms with E-state index in [0.29, 0.717) is 36.8 Å². The van der Waals surface area contributed by atoms with Crippen molar-refractivity contribution in [3.05, 3.63) is 33.5 Å². The zero-order chi connectivity index (χ0) is 29.4. The van der Waals surface area contributed by atoms with Crippen molar-refractivity contribution in [2.45, 2.75) is 123 Å². The maximum atomic E-state index is 14.7. The summed E-state index contributed by atoms with van der Waals surface area (Å²) in [5.74, 6) is 1.49. The molecule has 4 aliphatic carbocycles. The molecule has 7 heteroatoms. The highest BCUT2D eigenvalue weighted by Crippen LogP contribution is 2.68. The molecular formula is C34H49BrFNO4. The highest BCUT2D eigenvalue weighted by Gasteiger charge is 2.65. The number of halogens is 2. The average Bonchev–Trinajstić information content (AvgIpc) is 3.26. The van der Waals surface area contributed by atoms with E-state index in [2.05, 4.69) is 36.7 Å². The molecule has 0 aromatic heterocycles. The van der Waals surface area contributed by atoms with Crippen molar-refractivity contribution >= 4 is 21.8 Å². The van der Waals surface area contributed by atoms with Gasteiger partial charge in [-0.2, -0.15) is 0 Å². The Hall–Kier alpha value is -1.02. The van der Waals surface area contributed by atoms with Crippen molar-refractivity contribution < 1.29 is 24.5 Å². The van der Waals surface area contributed by atoms with E-state index in [1.54, 1.807) is 0 Å². The van der Waals surface area contributed by atoms with Crippen molar-refractivity contribution in [2.24, 2.45) is 46.3 Å². The standard InChI is InChI=1S/C34H49BrFNO4/c1-18(5-8-31(41)37-17-24-20(11-19(37)2)12-22(35)15-28(24)36)25-6-7-26-32-27(16-30(40)34(25,26)4)33(3)10-9-23(38)13-21(33)14-29(32)39/h12,15,18-19,21,23,25-27,29-30,32,38-40H,5-11,13-14,16-17H2,1-4H3/t18-,19?,21+,23-,25-,26+,27+,29-,30+,32+,33+,34-/m1/s1. The van der Waals surface area contributed by atoms with Crippen molar-refractivity contribution in [2.75, 3.05) is 0 Å². The van der Waals surface area contributed by atoms with E-state index in [0.717, 1.165) is 61.4 Å². The number of fused-ring (bicyclic) bond motifs is 6. The van der Waals surface area contributed by atoms with E-state index in [1.807, 2.05) is 17.9 Å². The minimum atomic E-state index is -0.421. The predicted octanol–water partition coefficient (Wildman–Crippen LogP) is 6.24. The summed E-state index contributed by atoms with van der Waals surface area (Å²) in [6.07, 6.45) is 6.90. The number of carbonyl (C=O) groups excluding carboxylic acids is 1. The van der Waals surface area contributed by atoms with Gasteiger partial charge in [-0.15, -0.1) is 0 Å². The third kappa shape index (κ3) is 4.84. The van der Waals surface area contributed by atoms with Crippen LogP contribution in [0.15, 0.2) is 16.6 Å².